The van der Waals surface area contributed by atoms with Gasteiger partial charge in [0, 0.05) is 25.2 Å². The lowest BCUT2D eigenvalue weighted by atomic mass is 9.85. The minimum Gasteiger partial charge on any atom is -0.352 e. The van der Waals surface area contributed by atoms with Gasteiger partial charge in [-0.1, -0.05) is 50.0 Å². The number of fused-ring (bicyclic) bond motifs is 3. The van der Waals surface area contributed by atoms with Crippen LogP contribution in [0.15, 0.2) is 42.5 Å². The average molecular weight is 372 g/mol. The predicted molar refractivity (Wildman–Crippen MR) is 101 cm³/mol. The molecule has 1 saturated heterocycles. The number of hydrogen-bond acceptors (Lipinski definition) is 4. The topological polar surface area (TPSA) is 55.8 Å². The number of benzene rings is 1. The van der Waals surface area contributed by atoms with E-state index in [-0.39, 0.29) is 22.8 Å². The van der Waals surface area contributed by atoms with Crippen molar-refractivity contribution in [3.8, 4) is 0 Å². The summed E-state index contributed by atoms with van der Waals surface area (Å²) in [5, 5.41) is -0.298. The van der Waals surface area contributed by atoms with Crippen LogP contribution in [-0.2, 0) is 19.1 Å². The molecule has 1 aromatic carbocycles. The predicted octanol–water partition coefficient (Wildman–Crippen LogP) is 3.06. The zero-order valence-corrected chi connectivity index (χ0v) is 16.9. The molecule has 2 aliphatic carbocycles. The van der Waals surface area contributed by atoms with Crippen molar-refractivity contribution < 1.29 is 19.1 Å². The van der Waals surface area contributed by atoms with Crippen molar-refractivity contribution in [2.45, 2.75) is 30.5 Å². The van der Waals surface area contributed by atoms with E-state index in [0.29, 0.717) is 5.69 Å². The maximum Gasteiger partial charge on any atom is 0.241 e. The van der Waals surface area contributed by atoms with Crippen LogP contribution in [0.1, 0.15) is 0 Å². The van der Waals surface area contributed by atoms with Gasteiger partial charge in [-0.05, 0) is 12.1 Å². The molecule has 1 heterocycles. The van der Waals surface area contributed by atoms with Gasteiger partial charge in [-0.15, -0.1) is 0 Å². The second kappa shape index (κ2) is 5.37. The Hall–Kier alpha value is -1.76. The van der Waals surface area contributed by atoms with Gasteiger partial charge in [0.1, 0.15) is 0 Å². The van der Waals surface area contributed by atoms with Gasteiger partial charge in [-0.2, -0.15) is 0 Å². The number of nitrogens with zero attached hydrogens (tertiary/aromatic N) is 1. The maximum atomic E-state index is 13.4. The lowest BCUT2D eigenvalue weighted by molar-refractivity contribution is -0.152. The van der Waals surface area contributed by atoms with E-state index >= 15 is 0 Å². The SMILES string of the molecule is COC1(OC)C2C3C(=O)N(c4ccccc4)C(=O)C3C=CC21[Si](C)(C)C. The third kappa shape index (κ3) is 1.82. The van der Waals surface area contributed by atoms with Crippen molar-refractivity contribution in [1.29, 1.82) is 0 Å². The normalized spacial score (nSPS) is 34.7. The molecule has 1 aromatic rings. The van der Waals surface area contributed by atoms with Crippen molar-refractivity contribution in [3.05, 3.63) is 42.5 Å². The molecule has 4 atom stereocenters. The summed E-state index contributed by atoms with van der Waals surface area (Å²) in [7, 11) is 1.47. The zero-order chi connectivity index (χ0) is 18.9. The largest absolute Gasteiger partial charge is 0.352 e. The van der Waals surface area contributed by atoms with Crippen LogP contribution in [0.5, 0.6) is 0 Å². The van der Waals surface area contributed by atoms with E-state index < -0.39 is 25.7 Å². The van der Waals surface area contributed by atoms with E-state index in [9.17, 15) is 9.59 Å². The molecule has 0 aromatic heterocycles. The van der Waals surface area contributed by atoms with Crippen LogP contribution in [0.25, 0.3) is 0 Å². The molecule has 3 aliphatic rings. The molecule has 1 aliphatic heterocycles. The van der Waals surface area contributed by atoms with Gasteiger partial charge < -0.3 is 9.47 Å². The summed E-state index contributed by atoms with van der Waals surface area (Å²) in [6, 6.07) is 9.15. The standard InChI is InChI=1S/C20H25NO4Si/c1-24-20(25-2)16-15-14(11-12-19(16,20)26(3,4)5)17(22)21(18(15)23)13-9-7-6-8-10-13/h6-12,14-16H,1-5H3. The fourth-order valence-electron chi connectivity index (χ4n) is 5.48. The third-order valence-electron chi connectivity index (χ3n) is 6.58. The fourth-order valence-corrected chi connectivity index (χ4v) is 8.71. The molecule has 2 fully saturated rings. The fraction of sp³-hybridized carbons (Fsp3) is 0.500. The molecule has 0 bridgehead atoms. The summed E-state index contributed by atoms with van der Waals surface area (Å²) < 4.78 is 11.8. The van der Waals surface area contributed by atoms with Crippen molar-refractivity contribution in [2.75, 3.05) is 19.1 Å². The van der Waals surface area contributed by atoms with E-state index in [4.69, 9.17) is 9.47 Å². The number of imide groups is 1. The Kier molecular flexibility index (Phi) is 3.65. The molecule has 4 rings (SSSR count). The van der Waals surface area contributed by atoms with Crippen molar-refractivity contribution in [2.24, 2.45) is 17.8 Å². The first-order chi connectivity index (χ1) is 12.3. The molecular formula is C20H25NO4Si. The first-order valence-corrected chi connectivity index (χ1v) is 12.5. The van der Waals surface area contributed by atoms with E-state index in [1.165, 1.54) is 4.90 Å². The molecule has 26 heavy (non-hydrogen) atoms. The van der Waals surface area contributed by atoms with E-state index in [1.807, 2.05) is 24.3 Å². The van der Waals surface area contributed by atoms with E-state index in [0.717, 1.165) is 0 Å². The summed E-state index contributed by atoms with van der Waals surface area (Å²) in [6.45, 7) is 6.79. The number of hydrogen-bond donors (Lipinski definition) is 0. The number of methoxy groups -OCH3 is 2. The monoisotopic (exact) mass is 371 g/mol. The third-order valence-corrected chi connectivity index (χ3v) is 9.89. The Balaban J connectivity index is 1.82. The van der Waals surface area contributed by atoms with Gasteiger partial charge in [0.25, 0.3) is 0 Å². The second-order valence-electron chi connectivity index (χ2n) is 8.43. The van der Waals surface area contributed by atoms with Gasteiger partial charge in [-0.25, -0.2) is 4.90 Å². The number of amides is 2. The lowest BCUT2D eigenvalue weighted by Crippen LogP contribution is -2.38. The molecule has 0 spiro atoms. The number of para-hydroxylation sites is 1. The molecule has 0 N–H and O–H groups in total. The molecule has 138 valence electrons. The molecule has 4 unspecified atom stereocenters. The van der Waals surface area contributed by atoms with Crippen LogP contribution in [0, 0.1) is 17.8 Å². The Morgan fingerprint density at radius 3 is 2.15 bits per heavy atom. The van der Waals surface area contributed by atoms with E-state index in [2.05, 4.69) is 25.7 Å². The Bertz CT molecular complexity index is 796. The highest BCUT2D eigenvalue weighted by Crippen LogP contribution is 2.81. The highest BCUT2D eigenvalue weighted by Gasteiger charge is 2.87. The van der Waals surface area contributed by atoms with Crippen LogP contribution < -0.4 is 4.90 Å². The van der Waals surface area contributed by atoms with Gasteiger partial charge in [0.05, 0.1) is 25.6 Å². The summed E-state index contributed by atoms with van der Waals surface area (Å²) in [5.74, 6) is -2.12. The zero-order valence-electron chi connectivity index (χ0n) is 15.9. The smallest absolute Gasteiger partial charge is 0.241 e. The Morgan fingerprint density at radius 2 is 1.62 bits per heavy atom. The first kappa shape index (κ1) is 17.6. The van der Waals surface area contributed by atoms with Crippen LogP contribution in [-0.4, -0.2) is 39.9 Å². The highest BCUT2D eigenvalue weighted by atomic mass is 28.3. The van der Waals surface area contributed by atoms with Gasteiger partial charge in [-0.3, -0.25) is 9.59 Å². The lowest BCUT2D eigenvalue weighted by Gasteiger charge is -2.33. The minimum atomic E-state index is -1.82. The molecule has 6 heteroatoms. The summed E-state index contributed by atoms with van der Waals surface area (Å²) >= 11 is 0. The summed E-state index contributed by atoms with van der Waals surface area (Å²) in [6.07, 6.45) is 4.06. The van der Waals surface area contributed by atoms with Crippen molar-refractivity contribution >= 4 is 25.6 Å². The molecular weight excluding hydrogens is 346 g/mol. The van der Waals surface area contributed by atoms with Crippen LogP contribution >= 0.6 is 0 Å². The summed E-state index contributed by atoms with van der Waals surface area (Å²) in [4.78, 5) is 27.7. The average Bonchev–Trinajstić information content (AvgIpc) is 3.17. The number of rotatable bonds is 4. The first-order valence-electron chi connectivity index (χ1n) is 8.99. The number of carbonyl (C=O) groups excluding carboxylic acids is 2. The molecule has 2 amide bonds. The number of anilines is 1. The highest BCUT2D eigenvalue weighted by molar-refractivity contribution is 6.81. The number of ether oxygens (including phenoxy) is 2. The second-order valence-corrected chi connectivity index (χ2v) is 13.8. The van der Waals surface area contributed by atoms with Gasteiger partial charge in [0.15, 0.2) is 5.79 Å². The van der Waals surface area contributed by atoms with Gasteiger partial charge >= 0.3 is 0 Å². The minimum absolute atomic E-state index is 0.128. The Labute approximate surface area is 155 Å². The quantitative estimate of drug-likeness (QED) is 0.353. The van der Waals surface area contributed by atoms with Crippen LogP contribution in [0.3, 0.4) is 0 Å². The molecule has 1 saturated carbocycles. The molecule has 5 nitrogen and oxygen atoms in total. The van der Waals surface area contributed by atoms with Crippen molar-refractivity contribution in [3.63, 3.8) is 0 Å². The maximum absolute atomic E-state index is 13.4. The Morgan fingerprint density at radius 1 is 1.00 bits per heavy atom. The summed E-state index contributed by atoms with van der Waals surface area (Å²) in [5.41, 5.74) is 0.630. The number of carbonyl (C=O) groups is 2. The van der Waals surface area contributed by atoms with E-state index in [1.54, 1.807) is 26.4 Å². The van der Waals surface area contributed by atoms with Gasteiger partial charge in [0.2, 0.25) is 11.8 Å². The molecule has 0 radical (unpaired) electrons. The van der Waals surface area contributed by atoms with Crippen LogP contribution in [0.4, 0.5) is 5.69 Å². The van der Waals surface area contributed by atoms with Crippen molar-refractivity contribution in [1.82, 2.24) is 0 Å². The van der Waals surface area contributed by atoms with Crippen LogP contribution in [0.2, 0.25) is 24.7 Å².